The van der Waals surface area contributed by atoms with Gasteiger partial charge in [-0.3, -0.25) is 9.69 Å². The maximum atomic E-state index is 12.8. The number of likely N-dealkylation sites (tertiary alicyclic amines) is 1. The highest BCUT2D eigenvalue weighted by Crippen LogP contribution is 2.22. The van der Waals surface area contributed by atoms with Crippen molar-refractivity contribution in [1.29, 1.82) is 0 Å². The summed E-state index contributed by atoms with van der Waals surface area (Å²) in [6.45, 7) is 9.31. The summed E-state index contributed by atoms with van der Waals surface area (Å²) in [5.41, 5.74) is 0.378. The molecule has 0 aliphatic carbocycles. The highest BCUT2D eigenvalue weighted by molar-refractivity contribution is 5.86. The third kappa shape index (κ3) is 5.13. The molecule has 2 amide bonds. The Kier molecular flexibility index (Phi) is 6.39. The molecule has 3 heterocycles. The van der Waals surface area contributed by atoms with Crippen molar-refractivity contribution < 1.29 is 19.1 Å². The van der Waals surface area contributed by atoms with Gasteiger partial charge in [-0.1, -0.05) is 6.07 Å². The van der Waals surface area contributed by atoms with E-state index in [2.05, 4.69) is 15.2 Å². The van der Waals surface area contributed by atoms with Crippen LogP contribution in [0, 0.1) is 0 Å². The number of ether oxygens (including phenoxy) is 2. The van der Waals surface area contributed by atoms with Gasteiger partial charge in [-0.15, -0.1) is 0 Å². The molecule has 0 radical (unpaired) electrons. The van der Waals surface area contributed by atoms with E-state index in [1.165, 1.54) is 4.90 Å². The molecule has 154 valence electrons. The number of pyridine rings is 1. The molecule has 2 aliphatic rings. The number of nitrogens with one attached hydrogen (secondary N) is 1. The van der Waals surface area contributed by atoms with Crippen molar-refractivity contribution in [1.82, 2.24) is 15.2 Å². The van der Waals surface area contributed by atoms with E-state index in [0.29, 0.717) is 32.7 Å². The summed E-state index contributed by atoms with van der Waals surface area (Å²) in [6.07, 6.45) is 2.77. The second-order valence-electron chi connectivity index (χ2n) is 8.14. The van der Waals surface area contributed by atoms with Gasteiger partial charge in [0.2, 0.25) is 5.91 Å². The lowest BCUT2D eigenvalue weighted by molar-refractivity contribution is -0.125. The van der Waals surface area contributed by atoms with Gasteiger partial charge in [0, 0.05) is 37.9 Å². The Morgan fingerprint density at radius 1 is 1.29 bits per heavy atom. The summed E-state index contributed by atoms with van der Waals surface area (Å²) in [7, 11) is 0. The molecule has 8 heteroatoms. The molecule has 0 unspecified atom stereocenters. The van der Waals surface area contributed by atoms with Crippen LogP contribution in [0.1, 0.15) is 39.2 Å². The van der Waals surface area contributed by atoms with Crippen LogP contribution >= 0.6 is 0 Å². The van der Waals surface area contributed by atoms with Gasteiger partial charge in [0.25, 0.3) is 0 Å². The molecule has 0 aromatic carbocycles. The first-order valence-electron chi connectivity index (χ1n) is 9.89. The molecule has 1 aromatic heterocycles. The fourth-order valence-corrected chi connectivity index (χ4v) is 3.51. The van der Waals surface area contributed by atoms with E-state index in [1.807, 2.05) is 32.9 Å². The summed E-state index contributed by atoms with van der Waals surface area (Å²) in [4.78, 5) is 33.4. The second-order valence-corrected chi connectivity index (χ2v) is 8.14. The third-order valence-electron chi connectivity index (χ3n) is 4.81. The molecule has 0 spiro atoms. The van der Waals surface area contributed by atoms with Crippen LogP contribution < -0.4 is 10.2 Å². The standard InChI is InChI=1S/C20H30N4O4/c1-20(2,3)28-19(26)24-9-5-7-16(24)18(25)22-14-15-6-4-8-21-17(15)23-10-12-27-13-11-23/h4,6,8,16H,5,7,9-14H2,1-3H3,(H,22,25)/t16-/m0/s1. The molecular weight excluding hydrogens is 360 g/mol. The number of rotatable bonds is 4. The molecular formula is C20H30N4O4. The number of carbonyl (C=O) groups is 2. The quantitative estimate of drug-likeness (QED) is 0.846. The molecule has 0 saturated carbocycles. The molecule has 2 fully saturated rings. The largest absolute Gasteiger partial charge is 0.444 e. The van der Waals surface area contributed by atoms with Gasteiger partial charge in [-0.05, 0) is 39.7 Å². The van der Waals surface area contributed by atoms with Crippen molar-refractivity contribution in [3.63, 3.8) is 0 Å². The Bertz CT molecular complexity index is 698. The topological polar surface area (TPSA) is 84.0 Å². The van der Waals surface area contributed by atoms with Crippen LogP contribution in [0.4, 0.5) is 10.6 Å². The van der Waals surface area contributed by atoms with E-state index in [0.717, 1.165) is 30.9 Å². The maximum absolute atomic E-state index is 12.8. The lowest BCUT2D eigenvalue weighted by Crippen LogP contribution is -2.47. The Morgan fingerprint density at radius 3 is 2.75 bits per heavy atom. The van der Waals surface area contributed by atoms with Crippen LogP contribution in [0.15, 0.2) is 18.3 Å². The maximum Gasteiger partial charge on any atom is 0.410 e. The van der Waals surface area contributed by atoms with Crippen LogP contribution in [0.2, 0.25) is 0 Å². The SMILES string of the molecule is CC(C)(C)OC(=O)N1CCC[C@H]1C(=O)NCc1cccnc1N1CCOCC1. The van der Waals surface area contributed by atoms with Gasteiger partial charge in [-0.25, -0.2) is 9.78 Å². The summed E-state index contributed by atoms with van der Waals surface area (Å²) in [6, 6.07) is 3.35. The second kappa shape index (κ2) is 8.77. The fraction of sp³-hybridized carbons (Fsp3) is 0.650. The Labute approximate surface area is 166 Å². The third-order valence-corrected chi connectivity index (χ3v) is 4.81. The highest BCUT2D eigenvalue weighted by atomic mass is 16.6. The van der Waals surface area contributed by atoms with Gasteiger partial charge in [0.1, 0.15) is 17.5 Å². The Balaban J connectivity index is 1.61. The number of anilines is 1. The van der Waals surface area contributed by atoms with E-state index in [4.69, 9.17) is 9.47 Å². The van der Waals surface area contributed by atoms with Crippen molar-refractivity contribution in [2.24, 2.45) is 0 Å². The molecule has 3 rings (SSSR count). The van der Waals surface area contributed by atoms with E-state index in [1.54, 1.807) is 6.20 Å². The minimum absolute atomic E-state index is 0.153. The molecule has 1 aromatic rings. The predicted octanol–water partition coefficient (Wildman–Crippen LogP) is 1.93. The normalized spacial score (nSPS) is 20.2. The average molecular weight is 390 g/mol. The number of nitrogens with zero attached hydrogens (tertiary/aromatic N) is 3. The van der Waals surface area contributed by atoms with Gasteiger partial charge in [0.15, 0.2) is 0 Å². The summed E-state index contributed by atoms with van der Waals surface area (Å²) < 4.78 is 10.8. The minimum Gasteiger partial charge on any atom is -0.444 e. The monoisotopic (exact) mass is 390 g/mol. The predicted molar refractivity (Wildman–Crippen MR) is 105 cm³/mol. The number of hydrogen-bond acceptors (Lipinski definition) is 6. The first-order valence-corrected chi connectivity index (χ1v) is 9.89. The van der Waals surface area contributed by atoms with Crippen molar-refractivity contribution in [2.45, 2.75) is 51.8 Å². The zero-order chi connectivity index (χ0) is 20.1. The van der Waals surface area contributed by atoms with Crippen LogP contribution in [0.3, 0.4) is 0 Å². The average Bonchev–Trinajstić information content (AvgIpc) is 3.16. The number of amides is 2. The molecule has 1 atom stereocenters. The van der Waals surface area contributed by atoms with Gasteiger partial charge >= 0.3 is 6.09 Å². The van der Waals surface area contributed by atoms with Crippen molar-refractivity contribution in [2.75, 3.05) is 37.7 Å². The summed E-state index contributed by atoms with van der Waals surface area (Å²) in [5.74, 6) is 0.724. The summed E-state index contributed by atoms with van der Waals surface area (Å²) in [5, 5.41) is 2.98. The lowest BCUT2D eigenvalue weighted by Gasteiger charge is -2.30. The molecule has 0 bridgehead atoms. The van der Waals surface area contributed by atoms with Crippen molar-refractivity contribution in [3.8, 4) is 0 Å². The van der Waals surface area contributed by atoms with E-state index in [9.17, 15) is 9.59 Å². The first-order chi connectivity index (χ1) is 13.3. The van der Waals surface area contributed by atoms with E-state index >= 15 is 0 Å². The molecule has 8 nitrogen and oxygen atoms in total. The number of aromatic nitrogens is 1. The van der Waals surface area contributed by atoms with Gasteiger partial charge < -0.3 is 19.7 Å². The van der Waals surface area contributed by atoms with Crippen LogP contribution in [0.25, 0.3) is 0 Å². The molecule has 28 heavy (non-hydrogen) atoms. The van der Waals surface area contributed by atoms with E-state index in [-0.39, 0.29) is 5.91 Å². The van der Waals surface area contributed by atoms with Crippen molar-refractivity contribution >= 4 is 17.8 Å². The Hall–Kier alpha value is -2.35. The molecule has 2 saturated heterocycles. The molecule has 1 N–H and O–H groups in total. The van der Waals surface area contributed by atoms with Crippen LogP contribution in [-0.2, 0) is 20.8 Å². The zero-order valence-electron chi connectivity index (χ0n) is 16.9. The van der Waals surface area contributed by atoms with Gasteiger partial charge in [-0.2, -0.15) is 0 Å². The first kappa shape index (κ1) is 20.4. The number of carbonyl (C=O) groups excluding carboxylic acids is 2. The van der Waals surface area contributed by atoms with E-state index < -0.39 is 17.7 Å². The number of morpholine rings is 1. The smallest absolute Gasteiger partial charge is 0.410 e. The highest BCUT2D eigenvalue weighted by Gasteiger charge is 2.36. The lowest BCUT2D eigenvalue weighted by atomic mass is 10.2. The molecule has 2 aliphatic heterocycles. The van der Waals surface area contributed by atoms with Crippen molar-refractivity contribution in [3.05, 3.63) is 23.9 Å². The zero-order valence-corrected chi connectivity index (χ0v) is 16.9. The fourth-order valence-electron chi connectivity index (χ4n) is 3.51. The number of hydrogen-bond donors (Lipinski definition) is 1. The van der Waals surface area contributed by atoms with Crippen LogP contribution in [0.5, 0.6) is 0 Å². The Morgan fingerprint density at radius 2 is 2.04 bits per heavy atom. The van der Waals surface area contributed by atoms with Crippen LogP contribution in [-0.4, -0.2) is 66.4 Å². The van der Waals surface area contributed by atoms with Gasteiger partial charge in [0.05, 0.1) is 13.2 Å². The minimum atomic E-state index is -0.580. The summed E-state index contributed by atoms with van der Waals surface area (Å²) >= 11 is 0.